The number of aromatic nitrogens is 4. The number of anilines is 2. The van der Waals surface area contributed by atoms with Crippen LogP contribution in [0.1, 0.15) is 25.0 Å². The van der Waals surface area contributed by atoms with Crippen LogP contribution in [0.2, 0.25) is 0 Å². The molecule has 0 N–H and O–H groups in total. The first-order chi connectivity index (χ1) is 23.0. The molecule has 0 fully saturated rings. The summed E-state index contributed by atoms with van der Waals surface area (Å²) in [6.45, 7) is 4.53. The van der Waals surface area contributed by atoms with Crippen LogP contribution in [-0.4, -0.2) is 26.1 Å². The van der Waals surface area contributed by atoms with Crippen LogP contribution < -0.4 is 4.90 Å². The van der Waals surface area contributed by atoms with Crippen molar-refractivity contribution in [2.45, 2.75) is 19.3 Å². The van der Waals surface area contributed by atoms with E-state index < -0.39 is 0 Å². The number of fused-ring (bicyclic) bond motifs is 3. The molecule has 8 rings (SSSR count). The number of hydrogen-bond acceptors (Lipinski definition) is 3. The van der Waals surface area contributed by atoms with Gasteiger partial charge in [0.1, 0.15) is 5.82 Å². The van der Waals surface area contributed by atoms with Crippen LogP contribution in [0.4, 0.5) is 11.4 Å². The Balaban J connectivity index is 0.00000364. The van der Waals surface area contributed by atoms with Crippen molar-refractivity contribution in [1.82, 2.24) is 19.1 Å². The summed E-state index contributed by atoms with van der Waals surface area (Å²) in [4.78, 5) is 11.7. The van der Waals surface area contributed by atoms with E-state index in [0.717, 1.165) is 50.7 Å². The average molecular weight is 803 g/mol. The van der Waals surface area contributed by atoms with E-state index in [1.54, 1.807) is 0 Å². The third kappa shape index (κ3) is 5.44. The zero-order chi connectivity index (χ0) is 32.0. The Bertz CT molecular complexity index is 2360. The number of hydrogen-bond donors (Lipinski definition) is 0. The molecule has 3 aromatic heterocycles. The zero-order valence-corrected chi connectivity index (χ0v) is 29.2. The SMILES string of the molecule is CN(c1[c-]c(-c2nccn2-c2ccccc2)ccc1)c1[c-]c2c(cc1)c1ccccc1n2-c1cc(C(C)(C)c2ccccc2)ccn1.[Pt+2]. The molecule has 48 heavy (non-hydrogen) atoms. The van der Waals surface area contributed by atoms with E-state index in [0.29, 0.717) is 0 Å². The van der Waals surface area contributed by atoms with Crippen LogP contribution in [-0.2, 0) is 26.5 Å². The first-order valence-electron chi connectivity index (χ1n) is 15.8. The van der Waals surface area contributed by atoms with Gasteiger partial charge in [-0.25, -0.2) is 4.98 Å². The van der Waals surface area contributed by atoms with E-state index >= 15 is 0 Å². The number of para-hydroxylation sites is 2. The van der Waals surface area contributed by atoms with Crippen molar-refractivity contribution in [1.29, 1.82) is 0 Å². The van der Waals surface area contributed by atoms with Crippen molar-refractivity contribution in [2.24, 2.45) is 0 Å². The molecule has 236 valence electrons. The maximum Gasteiger partial charge on any atom is 2.00 e. The largest absolute Gasteiger partial charge is 2.00 e. The fraction of sp³-hybridized carbons (Fsp3) is 0.0952. The Morgan fingerprint density at radius 1 is 0.646 bits per heavy atom. The topological polar surface area (TPSA) is 38.9 Å². The van der Waals surface area contributed by atoms with Gasteiger partial charge in [-0.2, -0.15) is 6.07 Å². The molecular weight excluding hydrogens is 770 g/mol. The number of nitrogens with zero attached hydrogens (tertiary/aromatic N) is 5. The summed E-state index contributed by atoms with van der Waals surface area (Å²) < 4.78 is 4.33. The van der Waals surface area contributed by atoms with Gasteiger partial charge in [0, 0.05) is 42.3 Å². The molecule has 0 bridgehead atoms. The Labute approximate surface area is 295 Å². The molecule has 0 aliphatic carbocycles. The standard InChI is InChI=1S/C42H33N5.Pt/c1-42(2,31-14-6-4-7-15-31)32-23-24-43-40(28-32)47-38-20-11-10-19-36(38)37-22-21-35(29-39(37)47)45(3)34-18-12-13-30(27-34)41-44-25-26-46(41)33-16-8-5-9-17-33;/h4-26,28H,1-3H3;/q-2;+2. The summed E-state index contributed by atoms with van der Waals surface area (Å²) in [6, 6.07) is 51.7. The van der Waals surface area contributed by atoms with Crippen molar-refractivity contribution in [3.8, 4) is 22.9 Å². The van der Waals surface area contributed by atoms with Crippen molar-refractivity contribution >= 4 is 33.2 Å². The minimum atomic E-state index is -0.192. The van der Waals surface area contributed by atoms with Crippen molar-refractivity contribution in [2.75, 3.05) is 11.9 Å². The number of pyridine rings is 1. The summed E-state index contributed by atoms with van der Waals surface area (Å²) in [5, 5.41) is 2.30. The van der Waals surface area contributed by atoms with E-state index in [1.165, 1.54) is 16.5 Å². The summed E-state index contributed by atoms with van der Waals surface area (Å²) in [7, 11) is 2.06. The van der Waals surface area contributed by atoms with E-state index in [4.69, 9.17) is 4.98 Å². The van der Waals surface area contributed by atoms with Gasteiger partial charge in [-0.05, 0) is 52.5 Å². The summed E-state index contributed by atoms with van der Waals surface area (Å²) in [5.41, 5.74) is 8.19. The van der Waals surface area contributed by atoms with E-state index in [9.17, 15) is 0 Å². The summed E-state index contributed by atoms with van der Waals surface area (Å²) in [6.07, 6.45) is 5.74. The third-order valence-electron chi connectivity index (χ3n) is 9.18. The fourth-order valence-corrected chi connectivity index (χ4v) is 6.48. The van der Waals surface area contributed by atoms with Crippen molar-refractivity contribution in [3.05, 3.63) is 169 Å². The Morgan fingerprint density at radius 2 is 1.38 bits per heavy atom. The van der Waals surface area contributed by atoms with Crippen LogP contribution in [0, 0.1) is 12.1 Å². The minimum Gasteiger partial charge on any atom is -0.385 e. The molecule has 0 aliphatic heterocycles. The third-order valence-corrected chi connectivity index (χ3v) is 9.18. The van der Waals surface area contributed by atoms with Gasteiger partial charge in [-0.15, -0.1) is 47.3 Å². The van der Waals surface area contributed by atoms with E-state index in [1.807, 2.05) is 36.8 Å². The molecule has 6 heteroatoms. The quantitative estimate of drug-likeness (QED) is 0.151. The second-order valence-corrected chi connectivity index (χ2v) is 12.3. The van der Waals surface area contributed by atoms with Crippen LogP contribution in [0.15, 0.2) is 146 Å². The number of imidazole rings is 1. The molecule has 0 saturated heterocycles. The molecule has 0 unspecified atom stereocenters. The maximum absolute atomic E-state index is 4.91. The predicted octanol–water partition coefficient (Wildman–Crippen LogP) is 9.72. The van der Waals surface area contributed by atoms with Crippen LogP contribution in [0.5, 0.6) is 0 Å². The predicted molar refractivity (Wildman–Crippen MR) is 192 cm³/mol. The van der Waals surface area contributed by atoms with Gasteiger partial charge in [0.2, 0.25) is 0 Å². The van der Waals surface area contributed by atoms with Crippen LogP contribution in [0.25, 0.3) is 44.7 Å². The second-order valence-electron chi connectivity index (χ2n) is 12.3. The number of rotatable bonds is 7. The fourth-order valence-electron chi connectivity index (χ4n) is 6.48. The van der Waals surface area contributed by atoms with Crippen LogP contribution >= 0.6 is 0 Å². The molecule has 0 radical (unpaired) electrons. The molecule has 0 saturated carbocycles. The molecular formula is C42H33N5Pt. The van der Waals surface area contributed by atoms with E-state index in [-0.39, 0.29) is 26.5 Å². The zero-order valence-electron chi connectivity index (χ0n) is 26.9. The Morgan fingerprint density at radius 3 is 2.19 bits per heavy atom. The maximum atomic E-state index is 4.91. The summed E-state index contributed by atoms with van der Waals surface area (Å²) in [5.74, 6) is 1.71. The molecule has 8 aromatic rings. The first-order valence-corrected chi connectivity index (χ1v) is 15.8. The van der Waals surface area contributed by atoms with Gasteiger partial charge < -0.3 is 14.0 Å². The van der Waals surface area contributed by atoms with Gasteiger partial charge in [0.15, 0.2) is 0 Å². The van der Waals surface area contributed by atoms with Gasteiger partial charge in [0.05, 0.1) is 5.82 Å². The van der Waals surface area contributed by atoms with Gasteiger partial charge in [-0.3, -0.25) is 4.98 Å². The molecule has 5 aromatic carbocycles. The first kappa shape index (κ1) is 31.4. The molecule has 0 amide bonds. The molecule has 0 spiro atoms. The number of benzene rings is 5. The van der Waals surface area contributed by atoms with Crippen molar-refractivity contribution < 1.29 is 21.1 Å². The molecule has 0 aliphatic rings. The van der Waals surface area contributed by atoms with Gasteiger partial charge in [-0.1, -0.05) is 91.8 Å². The van der Waals surface area contributed by atoms with E-state index in [2.05, 4.69) is 161 Å². The average Bonchev–Trinajstić information content (AvgIpc) is 3.75. The smallest absolute Gasteiger partial charge is 0.385 e. The van der Waals surface area contributed by atoms with Gasteiger partial charge >= 0.3 is 21.1 Å². The molecule has 3 heterocycles. The summed E-state index contributed by atoms with van der Waals surface area (Å²) >= 11 is 0. The minimum absolute atomic E-state index is 0. The normalized spacial score (nSPS) is 11.5. The Kier molecular flexibility index (Phi) is 8.33. The molecule has 5 nitrogen and oxygen atoms in total. The molecule has 0 atom stereocenters. The van der Waals surface area contributed by atoms with Crippen molar-refractivity contribution in [3.63, 3.8) is 0 Å². The van der Waals surface area contributed by atoms with Crippen LogP contribution in [0.3, 0.4) is 0 Å². The monoisotopic (exact) mass is 802 g/mol. The van der Waals surface area contributed by atoms with Gasteiger partial charge in [0.25, 0.3) is 0 Å². The second kappa shape index (κ2) is 12.7. The Hall–Kier alpha value is -5.25.